The van der Waals surface area contributed by atoms with Gasteiger partial charge in [0.1, 0.15) is 18.0 Å². The molecule has 2 aromatic rings. The molecule has 0 saturated carbocycles. The van der Waals surface area contributed by atoms with Crippen molar-refractivity contribution < 1.29 is 19.1 Å². The van der Waals surface area contributed by atoms with E-state index in [4.69, 9.17) is 9.47 Å². The fourth-order valence-electron chi connectivity index (χ4n) is 2.85. The van der Waals surface area contributed by atoms with E-state index in [1.807, 2.05) is 25.1 Å². The van der Waals surface area contributed by atoms with Crippen molar-refractivity contribution in [2.45, 2.75) is 13.5 Å². The fourth-order valence-corrected chi connectivity index (χ4v) is 2.85. The predicted molar refractivity (Wildman–Crippen MR) is 94.1 cm³/mol. The van der Waals surface area contributed by atoms with E-state index in [-0.39, 0.29) is 18.4 Å². The number of rotatable bonds is 4. The molecule has 6 heteroatoms. The number of carbonyl (C=O) groups is 2. The molecule has 0 bridgehead atoms. The number of hydrogen-bond donors (Lipinski definition) is 1. The average Bonchev–Trinajstić information content (AvgIpc) is 2.73. The zero-order valence-electron chi connectivity index (χ0n) is 14.5. The lowest BCUT2D eigenvalue weighted by Crippen LogP contribution is -2.34. The van der Waals surface area contributed by atoms with Gasteiger partial charge in [0.05, 0.1) is 25.5 Å². The molecule has 25 heavy (non-hydrogen) atoms. The van der Waals surface area contributed by atoms with E-state index in [1.54, 1.807) is 32.4 Å². The second kappa shape index (κ2) is 6.84. The average molecular weight is 340 g/mol. The van der Waals surface area contributed by atoms with Crippen molar-refractivity contribution >= 4 is 17.5 Å². The molecule has 2 amide bonds. The molecule has 1 N–H and O–H groups in total. The zero-order chi connectivity index (χ0) is 18.0. The third-order valence-electron chi connectivity index (χ3n) is 4.26. The molecular weight excluding hydrogens is 320 g/mol. The highest BCUT2D eigenvalue weighted by Gasteiger charge is 2.27. The quantitative estimate of drug-likeness (QED) is 0.929. The predicted octanol–water partition coefficient (Wildman–Crippen LogP) is 2.61. The Hall–Kier alpha value is -3.02. The monoisotopic (exact) mass is 340 g/mol. The number of hydrogen-bond acceptors (Lipinski definition) is 4. The topological polar surface area (TPSA) is 67.9 Å². The van der Waals surface area contributed by atoms with Gasteiger partial charge >= 0.3 is 0 Å². The number of methoxy groups -OCH3 is 2. The Balaban J connectivity index is 1.93. The third-order valence-corrected chi connectivity index (χ3v) is 4.26. The van der Waals surface area contributed by atoms with E-state index in [1.165, 1.54) is 4.90 Å². The SMILES string of the molecule is COc1ccc(CN2CC(=O)Nc3ccc(OC)cc3C2=O)c(C)c1. The van der Waals surface area contributed by atoms with Gasteiger partial charge < -0.3 is 19.7 Å². The van der Waals surface area contributed by atoms with Crippen molar-refractivity contribution in [3.63, 3.8) is 0 Å². The standard InChI is InChI=1S/C19H20N2O4/c1-12-8-14(24-2)5-4-13(12)10-21-11-18(22)20-17-7-6-15(25-3)9-16(17)19(21)23/h4-9H,10-11H2,1-3H3,(H,20,22). The first-order chi connectivity index (χ1) is 12.0. The van der Waals surface area contributed by atoms with E-state index in [0.29, 0.717) is 23.5 Å². The van der Waals surface area contributed by atoms with Gasteiger partial charge in [0.25, 0.3) is 5.91 Å². The van der Waals surface area contributed by atoms with Crippen LogP contribution in [0.3, 0.4) is 0 Å². The first-order valence-corrected chi connectivity index (χ1v) is 7.92. The molecule has 0 fully saturated rings. The van der Waals surface area contributed by atoms with E-state index in [0.717, 1.165) is 16.9 Å². The van der Waals surface area contributed by atoms with E-state index in [2.05, 4.69) is 5.32 Å². The van der Waals surface area contributed by atoms with Gasteiger partial charge in [-0.15, -0.1) is 0 Å². The third kappa shape index (κ3) is 3.42. The Morgan fingerprint density at radius 1 is 1.04 bits per heavy atom. The molecule has 0 aliphatic carbocycles. The number of nitrogens with one attached hydrogen (secondary N) is 1. The van der Waals surface area contributed by atoms with Crippen LogP contribution in [-0.4, -0.2) is 37.5 Å². The van der Waals surface area contributed by atoms with Gasteiger partial charge in [-0.25, -0.2) is 0 Å². The molecule has 0 saturated heterocycles. The number of aryl methyl sites for hydroxylation is 1. The minimum Gasteiger partial charge on any atom is -0.497 e. The maximum atomic E-state index is 12.9. The smallest absolute Gasteiger partial charge is 0.256 e. The lowest BCUT2D eigenvalue weighted by atomic mass is 10.1. The number of nitrogens with zero attached hydrogens (tertiary/aromatic N) is 1. The summed E-state index contributed by atoms with van der Waals surface area (Å²) in [5.41, 5.74) is 2.90. The normalized spacial score (nSPS) is 13.8. The van der Waals surface area contributed by atoms with E-state index < -0.39 is 0 Å². The van der Waals surface area contributed by atoms with Crippen LogP contribution in [0.4, 0.5) is 5.69 Å². The molecule has 0 atom stereocenters. The van der Waals surface area contributed by atoms with Gasteiger partial charge in [-0.2, -0.15) is 0 Å². The summed E-state index contributed by atoms with van der Waals surface area (Å²) in [6, 6.07) is 10.7. The van der Waals surface area contributed by atoms with Gasteiger partial charge in [0, 0.05) is 6.54 Å². The van der Waals surface area contributed by atoms with E-state index in [9.17, 15) is 9.59 Å². The molecule has 6 nitrogen and oxygen atoms in total. The molecule has 130 valence electrons. The van der Waals surface area contributed by atoms with Gasteiger partial charge in [-0.3, -0.25) is 9.59 Å². The van der Waals surface area contributed by atoms with Crippen molar-refractivity contribution in [2.24, 2.45) is 0 Å². The molecule has 1 heterocycles. The van der Waals surface area contributed by atoms with Crippen LogP contribution in [0.5, 0.6) is 11.5 Å². The number of amides is 2. The highest BCUT2D eigenvalue weighted by molar-refractivity contribution is 6.08. The summed E-state index contributed by atoms with van der Waals surface area (Å²) < 4.78 is 10.4. The van der Waals surface area contributed by atoms with E-state index >= 15 is 0 Å². The van der Waals surface area contributed by atoms with Crippen LogP contribution >= 0.6 is 0 Å². The van der Waals surface area contributed by atoms with Crippen LogP contribution in [0, 0.1) is 6.92 Å². The summed E-state index contributed by atoms with van der Waals surface area (Å²) in [6.07, 6.45) is 0. The Labute approximate surface area is 146 Å². The van der Waals surface area contributed by atoms with Crippen LogP contribution in [0.25, 0.3) is 0 Å². The Bertz CT molecular complexity index is 832. The molecule has 3 rings (SSSR count). The minimum atomic E-state index is -0.219. The first-order valence-electron chi connectivity index (χ1n) is 7.92. The Morgan fingerprint density at radius 3 is 2.40 bits per heavy atom. The maximum Gasteiger partial charge on any atom is 0.256 e. The number of benzene rings is 2. The molecule has 1 aliphatic rings. The Morgan fingerprint density at radius 2 is 1.72 bits per heavy atom. The highest BCUT2D eigenvalue weighted by atomic mass is 16.5. The Kier molecular flexibility index (Phi) is 4.61. The van der Waals surface area contributed by atoms with Gasteiger partial charge in [0.2, 0.25) is 5.91 Å². The first kappa shape index (κ1) is 16.8. The van der Waals surface area contributed by atoms with Crippen molar-refractivity contribution in [3.8, 4) is 11.5 Å². The second-order valence-electron chi connectivity index (χ2n) is 5.91. The molecule has 1 aliphatic heterocycles. The zero-order valence-corrected chi connectivity index (χ0v) is 14.5. The summed E-state index contributed by atoms with van der Waals surface area (Å²) in [4.78, 5) is 26.7. The van der Waals surface area contributed by atoms with Crippen LogP contribution in [0.1, 0.15) is 21.5 Å². The number of carbonyl (C=O) groups excluding carboxylic acids is 2. The number of fused-ring (bicyclic) bond motifs is 1. The fraction of sp³-hybridized carbons (Fsp3) is 0.263. The van der Waals surface area contributed by atoms with Crippen molar-refractivity contribution in [1.29, 1.82) is 0 Å². The van der Waals surface area contributed by atoms with Crippen molar-refractivity contribution in [1.82, 2.24) is 4.90 Å². The molecular formula is C19H20N2O4. The summed E-state index contributed by atoms with van der Waals surface area (Å²) in [6.45, 7) is 2.30. The highest BCUT2D eigenvalue weighted by Crippen LogP contribution is 2.27. The van der Waals surface area contributed by atoms with Crippen LogP contribution in [-0.2, 0) is 11.3 Å². The number of anilines is 1. The molecule has 0 unspecified atom stereocenters. The van der Waals surface area contributed by atoms with Gasteiger partial charge in [-0.05, 0) is 48.4 Å². The molecule has 0 radical (unpaired) electrons. The largest absolute Gasteiger partial charge is 0.497 e. The summed E-state index contributed by atoms with van der Waals surface area (Å²) in [5, 5.41) is 2.78. The second-order valence-corrected chi connectivity index (χ2v) is 5.91. The summed E-state index contributed by atoms with van der Waals surface area (Å²) >= 11 is 0. The van der Waals surface area contributed by atoms with Gasteiger partial charge in [-0.1, -0.05) is 6.07 Å². The van der Waals surface area contributed by atoms with Crippen molar-refractivity contribution in [3.05, 3.63) is 53.1 Å². The lowest BCUT2D eigenvalue weighted by molar-refractivity contribution is -0.116. The summed E-state index contributed by atoms with van der Waals surface area (Å²) in [5.74, 6) is 0.908. The van der Waals surface area contributed by atoms with Crippen LogP contribution < -0.4 is 14.8 Å². The summed E-state index contributed by atoms with van der Waals surface area (Å²) in [7, 11) is 3.15. The molecule has 2 aromatic carbocycles. The van der Waals surface area contributed by atoms with Crippen LogP contribution in [0.15, 0.2) is 36.4 Å². The van der Waals surface area contributed by atoms with Gasteiger partial charge in [0.15, 0.2) is 0 Å². The molecule has 0 aromatic heterocycles. The van der Waals surface area contributed by atoms with Crippen LogP contribution in [0.2, 0.25) is 0 Å². The minimum absolute atomic E-state index is 0.00129. The molecule has 0 spiro atoms. The maximum absolute atomic E-state index is 12.9. The van der Waals surface area contributed by atoms with Crippen molar-refractivity contribution in [2.75, 3.05) is 26.1 Å². The number of ether oxygens (including phenoxy) is 2. The lowest BCUT2D eigenvalue weighted by Gasteiger charge is -2.21.